The lowest BCUT2D eigenvalue weighted by atomic mass is 9.94. The van der Waals surface area contributed by atoms with Crippen LogP contribution in [0.5, 0.6) is 17.2 Å². The van der Waals surface area contributed by atoms with Gasteiger partial charge >= 0.3 is 0 Å². The van der Waals surface area contributed by atoms with Crippen molar-refractivity contribution in [1.29, 1.82) is 0 Å². The second-order valence-electron chi connectivity index (χ2n) is 9.66. The first-order valence-corrected chi connectivity index (χ1v) is 17.4. The Morgan fingerprint density at radius 1 is 0.436 bits per heavy atom. The fourth-order valence-electron chi connectivity index (χ4n) is 4.88. The lowest BCUT2D eigenvalue weighted by Gasteiger charge is -2.17. The van der Waals surface area contributed by atoms with Gasteiger partial charge in [-0.15, -0.1) is 0 Å². The average Bonchev–Trinajstić information content (AvgIpc) is 2.89. The molecule has 0 N–H and O–H groups in total. The predicted octanol–water partition coefficient (Wildman–Crippen LogP) is 3.01. The van der Waals surface area contributed by atoms with Crippen LogP contribution < -0.4 is 14.2 Å². The van der Waals surface area contributed by atoms with E-state index >= 15 is 0 Å². The highest BCUT2D eigenvalue weighted by Crippen LogP contribution is 2.38. The first-order valence-electron chi connectivity index (χ1n) is 11.8. The average molecular weight is 595 g/mol. The second kappa shape index (κ2) is 10.1. The Hall–Kier alpha value is -3.09. The molecule has 3 aromatic carbocycles. The number of hydrogen-bond acceptors (Lipinski definition) is 9. The summed E-state index contributed by atoms with van der Waals surface area (Å²) in [7, 11) is -6.77. The number of sulfone groups is 3. The number of ether oxygens (including phenoxy) is 3. The van der Waals surface area contributed by atoms with E-state index in [1.165, 1.54) is 21.3 Å². The number of hydrogen-bond donors (Lipinski definition) is 0. The first kappa shape index (κ1) is 28.9. The third-order valence-corrected chi connectivity index (χ3v) is 10.2. The van der Waals surface area contributed by atoms with Crippen LogP contribution in [0.15, 0.2) is 51.1 Å². The summed E-state index contributed by atoms with van der Waals surface area (Å²) < 4.78 is 91.9. The fraction of sp³-hybridized carbons (Fsp3) is 0.333. The normalized spacial score (nSPS) is 13.7. The van der Waals surface area contributed by atoms with Gasteiger partial charge in [-0.2, -0.15) is 0 Å². The van der Waals surface area contributed by atoms with Crippen molar-refractivity contribution in [3.63, 3.8) is 0 Å². The summed E-state index contributed by atoms with van der Waals surface area (Å²) in [5, 5.41) is 0. The van der Waals surface area contributed by atoms with Gasteiger partial charge in [0.15, 0.2) is 29.5 Å². The molecule has 0 aliphatic heterocycles. The van der Waals surface area contributed by atoms with Gasteiger partial charge in [0.1, 0.15) is 31.9 Å². The molecule has 3 aromatic rings. The van der Waals surface area contributed by atoms with Gasteiger partial charge in [-0.3, -0.25) is 0 Å². The number of methoxy groups -OCH3 is 3. The predicted molar refractivity (Wildman–Crippen MR) is 147 cm³/mol. The zero-order valence-corrected chi connectivity index (χ0v) is 24.9. The van der Waals surface area contributed by atoms with E-state index in [0.717, 1.165) is 35.5 Å². The third-order valence-electron chi connectivity index (χ3n) is 6.80. The van der Waals surface area contributed by atoms with Crippen molar-refractivity contribution in [2.24, 2.45) is 0 Å². The molecule has 0 unspecified atom stereocenters. The standard InChI is InChI=1S/C27H30O9S3/c1-34-22-10-16-7-20-14-26(38(5,30)31)24(36-3)12-18(20)9-21-15-27(39(6,32)33)23(35-2)11-17(21)8-19(16)13-25(22)37(4,28)29/h10-15H,7-9H2,1-6H3. The molecule has 0 radical (unpaired) electrons. The molecule has 0 saturated heterocycles. The van der Waals surface area contributed by atoms with Crippen LogP contribution in [0.1, 0.15) is 33.4 Å². The Bertz CT molecular complexity index is 1590. The van der Waals surface area contributed by atoms with Gasteiger partial charge < -0.3 is 14.2 Å². The molecule has 12 heteroatoms. The molecule has 0 fully saturated rings. The van der Waals surface area contributed by atoms with E-state index in [2.05, 4.69) is 0 Å². The van der Waals surface area contributed by atoms with E-state index in [0.29, 0.717) is 16.7 Å². The Kier molecular flexibility index (Phi) is 7.52. The molecule has 0 atom stereocenters. The summed E-state index contributed by atoms with van der Waals surface area (Å²) in [5.74, 6) is 0.539. The summed E-state index contributed by atoms with van der Waals surface area (Å²) in [4.78, 5) is 0.0724. The van der Waals surface area contributed by atoms with Gasteiger partial charge in [-0.05, 0) is 89.0 Å². The Labute approximate surface area is 229 Å². The van der Waals surface area contributed by atoms with Gasteiger partial charge in [0.05, 0.1) is 21.3 Å². The fourth-order valence-corrected chi connectivity index (χ4v) is 7.48. The minimum absolute atomic E-state index is 0.0241. The highest BCUT2D eigenvalue weighted by atomic mass is 32.2. The van der Waals surface area contributed by atoms with Crippen molar-refractivity contribution >= 4 is 29.5 Å². The largest absolute Gasteiger partial charge is 0.495 e. The van der Waals surface area contributed by atoms with Crippen LogP contribution in [0.25, 0.3) is 0 Å². The zero-order valence-electron chi connectivity index (χ0n) is 22.5. The number of rotatable bonds is 6. The molecule has 4 rings (SSSR count). The number of fused-ring (bicyclic) bond motifs is 3. The number of benzene rings is 3. The maximum absolute atomic E-state index is 12.6. The SMILES string of the molecule is COc1cc2c(cc1S(C)(=O)=O)Cc1cc(OC)c(S(C)(=O)=O)cc1Cc1cc(OC)c(S(C)(=O)=O)cc1C2. The minimum Gasteiger partial charge on any atom is -0.495 e. The van der Waals surface area contributed by atoms with Crippen LogP contribution in [0.3, 0.4) is 0 Å². The molecule has 0 amide bonds. The molecule has 0 saturated carbocycles. The van der Waals surface area contributed by atoms with Crippen molar-refractivity contribution in [2.45, 2.75) is 33.9 Å². The van der Waals surface area contributed by atoms with Crippen molar-refractivity contribution < 1.29 is 39.5 Å². The molecule has 0 heterocycles. The second-order valence-corrected chi connectivity index (χ2v) is 15.6. The zero-order chi connectivity index (χ0) is 28.9. The van der Waals surface area contributed by atoms with E-state index in [1.54, 1.807) is 36.4 Å². The third kappa shape index (κ3) is 5.78. The van der Waals surface area contributed by atoms with Crippen LogP contribution in [-0.4, -0.2) is 65.4 Å². The van der Waals surface area contributed by atoms with Gasteiger partial charge in [-0.25, -0.2) is 25.3 Å². The summed E-state index contributed by atoms with van der Waals surface area (Å²) in [6.07, 6.45) is 4.13. The molecular weight excluding hydrogens is 564 g/mol. The molecule has 0 aromatic heterocycles. The summed E-state index contributed by atoms with van der Waals surface area (Å²) in [6, 6.07) is 9.68. The van der Waals surface area contributed by atoms with Crippen LogP contribution >= 0.6 is 0 Å². The van der Waals surface area contributed by atoms with Gasteiger partial charge in [-0.1, -0.05) is 0 Å². The Morgan fingerprint density at radius 3 is 0.821 bits per heavy atom. The first-order chi connectivity index (χ1) is 18.1. The van der Waals surface area contributed by atoms with Crippen molar-refractivity contribution in [1.82, 2.24) is 0 Å². The molecule has 39 heavy (non-hydrogen) atoms. The van der Waals surface area contributed by atoms with E-state index in [-0.39, 0.29) is 51.2 Å². The van der Waals surface area contributed by atoms with E-state index in [4.69, 9.17) is 14.2 Å². The molecule has 0 spiro atoms. The van der Waals surface area contributed by atoms with E-state index in [1.807, 2.05) is 0 Å². The van der Waals surface area contributed by atoms with Gasteiger partial charge in [0, 0.05) is 18.8 Å². The van der Waals surface area contributed by atoms with Crippen LogP contribution in [-0.2, 0) is 48.8 Å². The molecular formula is C27H30O9S3. The molecule has 1 aliphatic rings. The Balaban J connectivity index is 2.12. The molecule has 210 valence electrons. The topological polar surface area (TPSA) is 130 Å². The molecule has 0 bridgehead atoms. The van der Waals surface area contributed by atoms with Crippen molar-refractivity contribution in [3.8, 4) is 17.2 Å². The monoisotopic (exact) mass is 594 g/mol. The van der Waals surface area contributed by atoms with Crippen LogP contribution in [0, 0.1) is 0 Å². The summed E-state index contributed by atoms with van der Waals surface area (Å²) >= 11 is 0. The maximum Gasteiger partial charge on any atom is 0.179 e. The van der Waals surface area contributed by atoms with Crippen molar-refractivity contribution in [3.05, 3.63) is 69.8 Å². The highest BCUT2D eigenvalue weighted by Gasteiger charge is 2.26. The minimum atomic E-state index is -3.65. The summed E-state index contributed by atoms with van der Waals surface area (Å²) in [5.41, 5.74) is 4.25. The lowest BCUT2D eigenvalue weighted by Crippen LogP contribution is -2.07. The summed E-state index contributed by atoms with van der Waals surface area (Å²) in [6.45, 7) is 0. The highest BCUT2D eigenvalue weighted by molar-refractivity contribution is 7.91. The van der Waals surface area contributed by atoms with Crippen molar-refractivity contribution in [2.75, 3.05) is 40.1 Å². The van der Waals surface area contributed by atoms with Crippen LogP contribution in [0.2, 0.25) is 0 Å². The maximum atomic E-state index is 12.6. The van der Waals surface area contributed by atoms with Gasteiger partial charge in [0.2, 0.25) is 0 Å². The molecule has 1 aliphatic carbocycles. The lowest BCUT2D eigenvalue weighted by molar-refractivity contribution is 0.401. The quantitative estimate of drug-likeness (QED) is 0.331. The van der Waals surface area contributed by atoms with E-state index < -0.39 is 29.5 Å². The Morgan fingerprint density at radius 2 is 0.641 bits per heavy atom. The van der Waals surface area contributed by atoms with E-state index in [9.17, 15) is 25.3 Å². The smallest absolute Gasteiger partial charge is 0.179 e. The molecule has 9 nitrogen and oxygen atoms in total. The van der Waals surface area contributed by atoms with Gasteiger partial charge in [0.25, 0.3) is 0 Å². The van der Waals surface area contributed by atoms with Crippen LogP contribution in [0.4, 0.5) is 0 Å².